The Bertz CT molecular complexity index is 719. The molecule has 0 amide bonds. The predicted molar refractivity (Wildman–Crippen MR) is 90.9 cm³/mol. The largest absolute Gasteiger partial charge is 0.339 e. The maximum atomic E-state index is 4.36. The van der Waals surface area contributed by atoms with Crippen LogP contribution in [0.5, 0.6) is 0 Å². The zero-order valence-electron chi connectivity index (χ0n) is 12.8. The molecule has 22 heavy (non-hydrogen) atoms. The molecule has 3 aromatic rings. The van der Waals surface area contributed by atoms with Gasteiger partial charge in [-0.2, -0.15) is 0 Å². The molecule has 0 aliphatic carbocycles. The molecule has 1 saturated heterocycles. The highest BCUT2D eigenvalue weighted by molar-refractivity contribution is 5.82. The van der Waals surface area contributed by atoms with Crippen molar-refractivity contribution in [2.45, 2.75) is 19.3 Å². The van der Waals surface area contributed by atoms with Gasteiger partial charge >= 0.3 is 0 Å². The van der Waals surface area contributed by atoms with Gasteiger partial charge in [0.1, 0.15) is 5.65 Å². The molecular weight excluding hydrogens is 270 g/mol. The third-order valence-corrected chi connectivity index (χ3v) is 4.57. The number of rotatable bonds is 4. The normalized spacial score (nSPS) is 15.6. The molecule has 0 bridgehead atoms. The molecule has 1 fully saturated rings. The molecule has 1 N–H and O–H groups in total. The summed E-state index contributed by atoms with van der Waals surface area (Å²) in [4.78, 5) is 10.3. The fourth-order valence-electron chi connectivity index (χ4n) is 3.26. The van der Waals surface area contributed by atoms with Crippen molar-refractivity contribution in [2.24, 2.45) is 0 Å². The number of fused-ring (bicyclic) bond motifs is 1. The second kappa shape index (κ2) is 5.93. The van der Waals surface area contributed by atoms with E-state index in [1.165, 1.54) is 43.6 Å². The Morgan fingerprint density at radius 1 is 1.05 bits per heavy atom. The van der Waals surface area contributed by atoms with Gasteiger partial charge in [0.05, 0.1) is 0 Å². The average molecular weight is 291 g/mol. The van der Waals surface area contributed by atoms with Gasteiger partial charge in [0.15, 0.2) is 0 Å². The molecule has 0 atom stereocenters. The Morgan fingerprint density at radius 2 is 1.86 bits per heavy atom. The lowest BCUT2D eigenvalue weighted by atomic mass is 10.1. The molecule has 0 radical (unpaired) electrons. The molecule has 3 nitrogen and oxygen atoms in total. The fraction of sp³-hybridized carbons (Fsp3) is 0.316. The summed E-state index contributed by atoms with van der Waals surface area (Å²) >= 11 is 0. The summed E-state index contributed by atoms with van der Waals surface area (Å²) < 4.78 is 0. The van der Waals surface area contributed by atoms with E-state index in [0.29, 0.717) is 0 Å². The molecule has 1 aliphatic rings. The first kappa shape index (κ1) is 13.5. The van der Waals surface area contributed by atoms with Crippen LogP contribution in [0.4, 0.5) is 0 Å². The summed E-state index contributed by atoms with van der Waals surface area (Å²) in [5.41, 5.74) is 4.74. The van der Waals surface area contributed by atoms with Gasteiger partial charge in [-0.3, -0.25) is 0 Å². The summed E-state index contributed by atoms with van der Waals surface area (Å²) in [6.07, 6.45) is 5.71. The van der Waals surface area contributed by atoms with Crippen LogP contribution in [0.15, 0.2) is 48.7 Å². The Balaban J connectivity index is 1.48. The Morgan fingerprint density at radius 3 is 2.64 bits per heavy atom. The number of hydrogen-bond donors (Lipinski definition) is 1. The van der Waals surface area contributed by atoms with E-state index in [4.69, 9.17) is 0 Å². The second-order valence-corrected chi connectivity index (χ2v) is 6.12. The van der Waals surface area contributed by atoms with E-state index >= 15 is 0 Å². The van der Waals surface area contributed by atoms with Crippen molar-refractivity contribution in [3.8, 4) is 11.3 Å². The molecule has 1 aliphatic heterocycles. The summed E-state index contributed by atoms with van der Waals surface area (Å²) in [6, 6.07) is 15.2. The topological polar surface area (TPSA) is 31.9 Å². The number of aromatic nitrogens is 2. The van der Waals surface area contributed by atoms with Crippen molar-refractivity contribution >= 4 is 11.0 Å². The Hall–Kier alpha value is -2.13. The summed E-state index contributed by atoms with van der Waals surface area (Å²) in [5.74, 6) is 0. The van der Waals surface area contributed by atoms with Crippen LogP contribution in [0.2, 0.25) is 0 Å². The number of hydrogen-bond acceptors (Lipinski definition) is 2. The fourth-order valence-corrected chi connectivity index (χ4v) is 3.26. The molecule has 1 aromatic carbocycles. The van der Waals surface area contributed by atoms with E-state index in [1.54, 1.807) is 0 Å². The number of aromatic amines is 1. The van der Waals surface area contributed by atoms with Crippen LogP contribution >= 0.6 is 0 Å². The standard InChI is InChI=1S/C19H21N3/c1-2-12-22(11-1)13-9-15-5-7-16(8-6-15)18-14-17-4-3-10-20-19(17)21-18/h3-8,10,14H,1-2,9,11-13H2,(H,20,21). The SMILES string of the molecule is c1cnc2[nH]c(-c3ccc(CCN4CCCC4)cc3)cc2c1. The van der Waals surface area contributed by atoms with Gasteiger partial charge in [-0.05, 0) is 61.7 Å². The molecule has 112 valence electrons. The van der Waals surface area contributed by atoms with Crippen molar-refractivity contribution in [2.75, 3.05) is 19.6 Å². The number of H-pyrrole nitrogens is 1. The first-order chi connectivity index (χ1) is 10.9. The highest BCUT2D eigenvalue weighted by Gasteiger charge is 2.11. The van der Waals surface area contributed by atoms with Crippen molar-refractivity contribution < 1.29 is 0 Å². The molecule has 4 rings (SSSR count). The van der Waals surface area contributed by atoms with E-state index in [1.807, 2.05) is 12.3 Å². The quantitative estimate of drug-likeness (QED) is 0.791. The number of pyridine rings is 1. The lowest BCUT2D eigenvalue weighted by Crippen LogP contribution is -2.21. The minimum Gasteiger partial charge on any atom is -0.339 e. The first-order valence-electron chi connectivity index (χ1n) is 8.14. The lowest BCUT2D eigenvalue weighted by Gasteiger charge is -2.14. The molecule has 3 heterocycles. The van der Waals surface area contributed by atoms with Gasteiger partial charge in [-0.25, -0.2) is 4.98 Å². The molecule has 3 heteroatoms. The zero-order chi connectivity index (χ0) is 14.8. The average Bonchev–Trinajstić information content (AvgIpc) is 3.22. The number of nitrogens with zero attached hydrogens (tertiary/aromatic N) is 2. The van der Waals surface area contributed by atoms with Gasteiger partial charge in [0.2, 0.25) is 0 Å². The monoisotopic (exact) mass is 291 g/mol. The highest BCUT2D eigenvalue weighted by Crippen LogP contribution is 2.23. The van der Waals surface area contributed by atoms with Crippen LogP contribution in [-0.2, 0) is 6.42 Å². The van der Waals surface area contributed by atoms with Crippen LogP contribution in [0.3, 0.4) is 0 Å². The van der Waals surface area contributed by atoms with Gasteiger partial charge < -0.3 is 9.88 Å². The van der Waals surface area contributed by atoms with Crippen molar-refractivity contribution in [3.05, 3.63) is 54.2 Å². The number of nitrogens with one attached hydrogen (secondary N) is 1. The zero-order valence-corrected chi connectivity index (χ0v) is 12.8. The predicted octanol–water partition coefficient (Wildman–Crippen LogP) is 3.87. The van der Waals surface area contributed by atoms with Gasteiger partial charge in [-0.15, -0.1) is 0 Å². The second-order valence-electron chi connectivity index (χ2n) is 6.12. The third-order valence-electron chi connectivity index (χ3n) is 4.57. The van der Waals surface area contributed by atoms with Crippen LogP contribution in [0.1, 0.15) is 18.4 Å². The van der Waals surface area contributed by atoms with Gasteiger partial charge in [-0.1, -0.05) is 24.3 Å². The maximum absolute atomic E-state index is 4.36. The van der Waals surface area contributed by atoms with Crippen molar-refractivity contribution in [3.63, 3.8) is 0 Å². The van der Waals surface area contributed by atoms with E-state index in [9.17, 15) is 0 Å². The van der Waals surface area contributed by atoms with Gasteiger partial charge in [0.25, 0.3) is 0 Å². The first-order valence-corrected chi connectivity index (χ1v) is 8.14. The molecular formula is C19H21N3. The highest BCUT2D eigenvalue weighted by atomic mass is 15.1. The molecule has 2 aromatic heterocycles. The molecule has 0 spiro atoms. The molecule has 0 unspecified atom stereocenters. The van der Waals surface area contributed by atoms with Crippen LogP contribution < -0.4 is 0 Å². The van der Waals surface area contributed by atoms with Crippen molar-refractivity contribution in [1.82, 2.24) is 14.9 Å². The number of benzene rings is 1. The summed E-state index contributed by atoms with van der Waals surface area (Å²) in [6.45, 7) is 3.75. The van der Waals surface area contributed by atoms with Crippen molar-refractivity contribution in [1.29, 1.82) is 0 Å². The van der Waals surface area contributed by atoms with Crippen LogP contribution in [0, 0.1) is 0 Å². The lowest BCUT2D eigenvalue weighted by molar-refractivity contribution is 0.343. The Kier molecular flexibility index (Phi) is 3.65. The summed E-state index contributed by atoms with van der Waals surface area (Å²) in [7, 11) is 0. The van der Waals surface area contributed by atoms with E-state index < -0.39 is 0 Å². The number of likely N-dealkylation sites (tertiary alicyclic amines) is 1. The van der Waals surface area contributed by atoms with E-state index in [-0.39, 0.29) is 0 Å². The van der Waals surface area contributed by atoms with E-state index in [0.717, 1.165) is 23.1 Å². The molecule has 0 saturated carbocycles. The maximum Gasteiger partial charge on any atom is 0.137 e. The Labute approximate surface area is 131 Å². The minimum absolute atomic E-state index is 0.954. The van der Waals surface area contributed by atoms with Crippen LogP contribution in [0.25, 0.3) is 22.3 Å². The van der Waals surface area contributed by atoms with Crippen LogP contribution in [-0.4, -0.2) is 34.5 Å². The smallest absolute Gasteiger partial charge is 0.137 e. The summed E-state index contributed by atoms with van der Waals surface area (Å²) in [5, 5.41) is 1.16. The third kappa shape index (κ3) is 2.77. The van der Waals surface area contributed by atoms with Gasteiger partial charge in [0, 0.05) is 23.8 Å². The minimum atomic E-state index is 0.954. The van der Waals surface area contributed by atoms with E-state index in [2.05, 4.69) is 51.3 Å².